The smallest absolute Gasteiger partial charge is 0.347 e. The van der Waals surface area contributed by atoms with E-state index < -0.39 is 17.8 Å². The Kier molecular flexibility index (Phi) is 7.54. The molecule has 3 aromatic rings. The van der Waals surface area contributed by atoms with Gasteiger partial charge >= 0.3 is 17.8 Å². The Hall–Kier alpha value is -4.46. The minimum atomic E-state index is -0.935. The summed E-state index contributed by atoms with van der Waals surface area (Å²) in [5.74, 6) is -1.78. The Balaban J connectivity index is 1.66. The summed E-state index contributed by atoms with van der Waals surface area (Å²) in [7, 11) is 1.46. The second-order valence-corrected chi connectivity index (χ2v) is 7.10. The number of carbonyl (C=O) groups excluding carboxylic acids is 3. The summed E-state index contributed by atoms with van der Waals surface area (Å²) in [6.45, 7) is 3.71. The maximum atomic E-state index is 12.6. The molecule has 0 aliphatic rings. The van der Waals surface area contributed by atoms with E-state index in [0.717, 1.165) is 11.1 Å². The molecule has 3 aromatic carbocycles. The van der Waals surface area contributed by atoms with Crippen molar-refractivity contribution in [2.24, 2.45) is 5.10 Å². The number of anilines is 1. The zero-order valence-electron chi connectivity index (χ0n) is 18.4. The molecule has 0 spiro atoms. The number of methoxy groups -OCH3 is 1. The second kappa shape index (κ2) is 10.7. The van der Waals surface area contributed by atoms with Crippen molar-refractivity contribution in [3.05, 3.63) is 89.0 Å². The Bertz CT molecular complexity index is 1220. The molecule has 0 fully saturated rings. The molecule has 168 valence electrons. The molecule has 8 nitrogen and oxygen atoms in total. The molecule has 3 rings (SSSR count). The highest BCUT2D eigenvalue weighted by atomic mass is 16.5. The highest BCUT2D eigenvalue weighted by molar-refractivity contribution is 6.39. The van der Waals surface area contributed by atoms with Gasteiger partial charge in [0.1, 0.15) is 17.1 Å². The van der Waals surface area contributed by atoms with E-state index in [-0.39, 0.29) is 11.3 Å². The van der Waals surface area contributed by atoms with Gasteiger partial charge in [0.25, 0.3) is 0 Å². The molecule has 0 saturated carbocycles. The highest BCUT2D eigenvalue weighted by Gasteiger charge is 2.16. The summed E-state index contributed by atoms with van der Waals surface area (Å²) in [4.78, 5) is 36.9. The molecule has 0 aliphatic carbocycles. The third-order valence-electron chi connectivity index (χ3n) is 4.67. The summed E-state index contributed by atoms with van der Waals surface area (Å²) < 4.78 is 10.7. The van der Waals surface area contributed by atoms with Crippen molar-refractivity contribution in [1.29, 1.82) is 0 Å². The van der Waals surface area contributed by atoms with E-state index in [1.54, 1.807) is 54.6 Å². The van der Waals surface area contributed by atoms with E-state index >= 15 is 0 Å². The number of hydrogen-bond acceptors (Lipinski definition) is 6. The monoisotopic (exact) mass is 445 g/mol. The molecule has 0 unspecified atom stereocenters. The molecule has 2 N–H and O–H groups in total. The molecule has 0 radical (unpaired) electrons. The number of rotatable bonds is 6. The number of nitrogens with one attached hydrogen (secondary N) is 2. The number of esters is 1. The third kappa shape index (κ3) is 6.04. The van der Waals surface area contributed by atoms with Crippen LogP contribution in [0.2, 0.25) is 0 Å². The SMILES string of the molecule is COc1ccccc1C(=O)Oc1ccccc1/C=N/NC(=O)C(=O)Nc1cc(C)ccc1C. The molecular weight excluding hydrogens is 422 g/mol. The number of nitrogens with zero attached hydrogens (tertiary/aromatic N) is 1. The van der Waals surface area contributed by atoms with Crippen LogP contribution in [0.25, 0.3) is 0 Å². The van der Waals surface area contributed by atoms with E-state index in [1.165, 1.54) is 13.3 Å². The molecule has 8 heteroatoms. The fourth-order valence-corrected chi connectivity index (χ4v) is 2.91. The van der Waals surface area contributed by atoms with Crippen molar-refractivity contribution >= 4 is 29.7 Å². The van der Waals surface area contributed by atoms with Crippen LogP contribution in [0.3, 0.4) is 0 Å². The fraction of sp³-hybridized carbons (Fsp3) is 0.120. The molecule has 2 amide bonds. The van der Waals surface area contributed by atoms with Crippen molar-refractivity contribution in [3.8, 4) is 11.5 Å². The standard InChI is InChI=1S/C25H23N3O5/c1-16-12-13-17(2)20(14-16)27-23(29)24(30)28-26-15-18-8-4-6-10-21(18)33-25(31)19-9-5-7-11-22(19)32-3/h4-15H,1-3H3,(H,27,29)(H,28,30)/b26-15+. The van der Waals surface area contributed by atoms with E-state index in [2.05, 4.69) is 15.8 Å². The first kappa shape index (κ1) is 23.2. The number of amides is 2. The van der Waals surface area contributed by atoms with Gasteiger partial charge in [-0.1, -0.05) is 36.4 Å². The van der Waals surface area contributed by atoms with E-state index in [1.807, 2.05) is 26.0 Å². The summed E-state index contributed by atoms with van der Waals surface area (Å²) in [6, 6.07) is 18.9. The van der Waals surface area contributed by atoms with Crippen molar-refractivity contribution in [3.63, 3.8) is 0 Å². The Labute approximate surface area is 191 Å². The maximum Gasteiger partial charge on any atom is 0.347 e. The minimum absolute atomic E-state index is 0.228. The largest absolute Gasteiger partial charge is 0.496 e. The number of hydrazone groups is 1. The lowest BCUT2D eigenvalue weighted by molar-refractivity contribution is -0.136. The van der Waals surface area contributed by atoms with Gasteiger partial charge in [-0.2, -0.15) is 5.10 Å². The van der Waals surface area contributed by atoms with Gasteiger partial charge in [-0.15, -0.1) is 0 Å². The maximum absolute atomic E-state index is 12.6. The van der Waals surface area contributed by atoms with Crippen LogP contribution in [0.15, 0.2) is 71.8 Å². The van der Waals surface area contributed by atoms with Crippen molar-refractivity contribution in [1.82, 2.24) is 5.43 Å². The summed E-state index contributed by atoms with van der Waals surface area (Å²) >= 11 is 0. The topological polar surface area (TPSA) is 106 Å². The molecular formula is C25H23N3O5. The molecule has 33 heavy (non-hydrogen) atoms. The van der Waals surface area contributed by atoms with Gasteiger partial charge in [0.15, 0.2) is 0 Å². The summed E-state index contributed by atoms with van der Waals surface area (Å²) in [5, 5.41) is 6.38. The average molecular weight is 445 g/mol. The predicted octanol–water partition coefficient (Wildman–Crippen LogP) is 3.62. The summed E-state index contributed by atoms with van der Waals surface area (Å²) in [5.41, 5.74) is 5.20. The number of para-hydroxylation sites is 2. The number of benzene rings is 3. The van der Waals surface area contributed by atoms with E-state index in [0.29, 0.717) is 17.0 Å². The number of hydrogen-bond donors (Lipinski definition) is 2. The Morgan fingerprint density at radius 2 is 1.58 bits per heavy atom. The zero-order valence-corrected chi connectivity index (χ0v) is 18.4. The van der Waals surface area contributed by atoms with Gasteiger partial charge in [-0.25, -0.2) is 10.2 Å². The average Bonchev–Trinajstić information content (AvgIpc) is 2.82. The molecule has 0 atom stereocenters. The number of carbonyl (C=O) groups is 3. The van der Waals surface area contributed by atoms with Crippen LogP contribution in [0.1, 0.15) is 27.0 Å². The number of ether oxygens (including phenoxy) is 2. The Morgan fingerprint density at radius 3 is 2.33 bits per heavy atom. The Morgan fingerprint density at radius 1 is 0.879 bits per heavy atom. The van der Waals surface area contributed by atoms with Crippen LogP contribution < -0.4 is 20.2 Å². The lowest BCUT2D eigenvalue weighted by Gasteiger charge is -2.10. The molecule has 0 bridgehead atoms. The lowest BCUT2D eigenvalue weighted by Crippen LogP contribution is -2.32. The normalized spacial score (nSPS) is 10.5. The first-order chi connectivity index (χ1) is 15.9. The van der Waals surface area contributed by atoms with Gasteiger partial charge in [0.2, 0.25) is 0 Å². The lowest BCUT2D eigenvalue weighted by atomic mass is 10.1. The quantitative estimate of drug-likeness (QED) is 0.198. The van der Waals surface area contributed by atoms with E-state index in [4.69, 9.17) is 9.47 Å². The van der Waals surface area contributed by atoms with E-state index in [9.17, 15) is 14.4 Å². The first-order valence-electron chi connectivity index (χ1n) is 10.0. The van der Waals surface area contributed by atoms with Crippen LogP contribution in [-0.2, 0) is 9.59 Å². The van der Waals surface area contributed by atoms with Gasteiger partial charge in [0.05, 0.1) is 13.3 Å². The van der Waals surface area contributed by atoms with Crippen LogP contribution in [0, 0.1) is 13.8 Å². The summed E-state index contributed by atoms with van der Waals surface area (Å²) in [6.07, 6.45) is 1.29. The number of aryl methyl sites for hydroxylation is 2. The first-order valence-corrected chi connectivity index (χ1v) is 10.0. The molecule has 0 saturated heterocycles. The third-order valence-corrected chi connectivity index (χ3v) is 4.67. The van der Waals surface area contributed by atoms with Crippen LogP contribution in [-0.4, -0.2) is 31.1 Å². The van der Waals surface area contributed by atoms with Crippen LogP contribution >= 0.6 is 0 Å². The van der Waals surface area contributed by atoms with Crippen LogP contribution in [0.4, 0.5) is 5.69 Å². The van der Waals surface area contributed by atoms with Gasteiger partial charge in [0, 0.05) is 11.3 Å². The minimum Gasteiger partial charge on any atom is -0.496 e. The zero-order chi connectivity index (χ0) is 23.8. The van der Waals surface area contributed by atoms with Crippen molar-refractivity contribution in [2.45, 2.75) is 13.8 Å². The van der Waals surface area contributed by atoms with Crippen molar-refractivity contribution < 1.29 is 23.9 Å². The fourth-order valence-electron chi connectivity index (χ4n) is 2.91. The highest BCUT2D eigenvalue weighted by Crippen LogP contribution is 2.22. The van der Waals surface area contributed by atoms with Gasteiger partial charge < -0.3 is 14.8 Å². The molecule has 0 aromatic heterocycles. The molecule has 0 aliphatic heterocycles. The van der Waals surface area contributed by atoms with Gasteiger partial charge in [-0.3, -0.25) is 9.59 Å². The second-order valence-electron chi connectivity index (χ2n) is 7.10. The van der Waals surface area contributed by atoms with Crippen molar-refractivity contribution in [2.75, 3.05) is 12.4 Å². The molecule has 0 heterocycles. The predicted molar refractivity (Wildman–Crippen MR) is 125 cm³/mol. The van der Waals surface area contributed by atoms with Gasteiger partial charge in [-0.05, 0) is 55.3 Å². The van der Waals surface area contributed by atoms with Crippen LogP contribution in [0.5, 0.6) is 11.5 Å².